The van der Waals surface area contributed by atoms with Crippen LogP contribution in [0.1, 0.15) is 13.8 Å². The van der Waals surface area contributed by atoms with E-state index < -0.39 is 31.7 Å². The monoisotopic (exact) mass is 326 g/mol. The van der Waals surface area contributed by atoms with E-state index in [-0.39, 0.29) is 11.6 Å². The molecule has 0 rings (SSSR count). The van der Waals surface area contributed by atoms with Crippen LogP contribution in [0.15, 0.2) is 24.3 Å². The summed E-state index contributed by atoms with van der Waals surface area (Å²) in [5.41, 5.74) is 0. The third-order valence-corrected chi connectivity index (χ3v) is 3.38. The fourth-order valence-corrected chi connectivity index (χ4v) is 2.26. The molecule has 0 aromatic heterocycles. The first-order chi connectivity index (χ1) is 9.04. The second kappa shape index (κ2) is 8.04. The van der Waals surface area contributed by atoms with E-state index in [0.29, 0.717) is 0 Å². The van der Waals surface area contributed by atoms with E-state index in [2.05, 4.69) is 8.67 Å². The predicted octanol–water partition coefficient (Wildman–Crippen LogP) is -0.115. The van der Waals surface area contributed by atoms with Gasteiger partial charge in [-0.3, -0.25) is 9.59 Å². The summed E-state index contributed by atoms with van der Waals surface area (Å²) in [5, 5.41) is 0. The fraction of sp³-hybridized carbons (Fsp3) is 0.400. The predicted molar refractivity (Wildman–Crippen MR) is 69.4 cm³/mol. The number of hydrogen-bond acceptors (Lipinski definition) is 8. The van der Waals surface area contributed by atoms with Crippen molar-refractivity contribution >= 4 is 31.8 Å². The highest BCUT2D eigenvalue weighted by atomic mass is 32.2. The summed E-state index contributed by atoms with van der Waals surface area (Å²) in [6.45, 7) is 2.43. The lowest BCUT2D eigenvalue weighted by Crippen LogP contribution is -2.16. The van der Waals surface area contributed by atoms with Crippen molar-refractivity contribution in [2.45, 2.75) is 13.8 Å². The molecule has 0 bridgehead atoms. The van der Waals surface area contributed by atoms with Gasteiger partial charge in [0, 0.05) is 0 Å². The second-order valence-corrected chi connectivity index (χ2v) is 6.78. The minimum atomic E-state index is -4.28. The van der Waals surface area contributed by atoms with Crippen LogP contribution in [0.5, 0.6) is 0 Å². The average molecular weight is 326 g/mol. The molecule has 0 radical (unpaired) electrons. The van der Waals surface area contributed by atoms with E-state index in [1.807, 2.05) is 0 Å². The zero-order valence-electron chi connectivity index (χ0n) is 10.8. The van der Waals surface area contributed by atoms with Crippen LogP contribution in [0, 0.1) is 0 Å². The maximum atomic E-state index is 11.2. The standard InChI is InChI=1S/C10H14O8S2/c1-9(11)5-3-7-19(13,14)17-18-20(15,16)8-4-6-10(2)12/h3-6H,7-8H2,1-2H3. The van der Waals surface area contributed by atoms with Crippen LogP contribution in [-0.2, 0) is 38.5 Å². The van der Waals surface area contributed by atoms with Gasteiger partial charge in [-0.25, -0.2) is 0 Å². The molecule has 0 heterocycles. The molecule has 0 saturated heterocycles. The number of ketones is 2. The Kier molecular flexibility index (Phi) is 7.50. The molecule has 0 amide bonds. The minimum Gasteiger partial charge on any atom is -0.295 e. The Morgan fingerprint density at radius 2 is 1.10 bits per heavy atom. The van der Waals surface area contributed by atoms with E-state index in [1.165, 1.54) is 13.8 Å². The van der Waals surface area contributed by atoms with Crippen molar-refractivity contribution in [3.8, 4) is 0 Å². The van der Waals surface area contributed by atoms with E-state index in [0.717, 1.165) is 24.3 Å². The zero-order chi connectivity index (χ0) is 15.8. The molecule has 8 nitrogen and oxygen atoms in total. The summed E-state index contributed by atoms with van der Waals surface area (Å²) < 4.78 is 52.5. The summed E-state index contributed by atoms with van der Waals surface area (Å²) in [4.78, 5) is 21.1. The summed E-state index contributed by atoms with van der Waals surface area (Å²) >= 11 is 0. The zero-order valence-corrected chi connectivity index (χ0v) is 12.4. The smallest absolute Gasteiger partial charge is 0.295 e. The van der Waals surface area contributed by atoms with Crippen LogP contribution in [0.25, 0.3) is 0 Å². The fourth-order valence-electron chi connectivity index (χ4n) is 0.804. The Labute approximate surface area is 117 Å². The molecule has 0 saturated carbocycles. The summed E-state index contributed by atoms with van der Waals surface area (Å²) in [7, 11) is -8.57. The van der Waals surface area contributed by atoms with Gasteiger partial charge in [0.15, 0.2) is 11.6 Å². The van der Waals surface area contributed by atoms with Gasteiger partial charge in [-0.2, -0.15) is 16.8 Å². The normalized spacial score (nSPS) is 13.1. The molecule has 0 aliphatic heterocycles. The summed E-state index contributed by atoms with van der Waals surface area (Å²) in [6, 6.07) is 0. The molecule has 0 spiro atoms. The summed E-state index contributed by atoms with van der Waals surface area (Å²) in [6.07, 6.45) is 3.96. The van der Waals surface area contributed by atoms with Gasteiger partial charge < -0.3 is 0 Å². The van der Waals surface area contributed by atoms with Crippen LogP contribution < -0.4 is 0 Å². The number of carbonyl (C=O) groups is 2. The molecule has 10 heteroatoms. The maximum absolute atomic E-state index is 11.2. The van der Waals surface area contributed by atoms with Gasteiger partial charge in [0.1, 0.15) is 0 Å². The van der Waals surface area contributed by atoms with Crippen molar-refractivity contribution < 1.29 is 35.1 Å². The lowest BCUT2D eigenvalue weighted by Gasteiger charge is -2.01. The minimum absolute atomic E-state index is 0.372. The van der Waals surface area contributed by atoms with Crippen LogP contribution in [-0.4, -0.2) is 39.9 Å². The number of rotatable bonds is 9. The first-order valence-corrected chi connectivity index (χ1v) is 8.37. The van der Waals surface area contributed by atoms with Gasteiger partial charge in [0.2, 0.25) is 0 Å². The number of hydrogen-bond donors (Lipinski definition) is 0. The number of allylic oxidation sites excluding steroid dienone is 2. The Hall–Kier alpha value is -1.36. The SMILES string of the molecule is CC(=O)C=CCS(=O)(=O)OOS(=O)(=O)CC=CC(C)=O. The molecule has 20 heavy (non-hydrogen) atoms. The topological polar surface area (TPSA) is 121 Å². The molecule has 0 unspecified atom stereocenters. The molecular weight excluding hydrogens is 312 g/mol. The van der Waals surface area contributed by atoms with Crippen molar-refractivity contribution in [1.82, 2.24) is 0 Å². The molecule has 0 aliphatic carbocycles. The molecule has 0 fully saturated rings. The molecule has 114 valence electrons. The van der Waals surface area contributed by atoms with E-state index >= 15 is 0 Å². The van der Waals surface area contributed by atoms with Crippen molar-refractivity contribution in [3.05, 3.63) is 24.3 Å². The quantitative estimate of drug-likeness (QED) is 0.327. The average Bonchev–Trinajstić information content (AvgIpc) is 2.25. The van der Waals surface area contributed by atoms with Gasteiger partial charge in [0.25, 0.3) is 20.2 Å². The Balaban J connectivity index is 4.45. The largest absolute Gasteiger partial charge is 0.298 e. The van der Waals surface area contributed by atoms with Gasteiger partial charge >= 0.3 is 0 Å². The molecule has 0 aliphatic rings. The molecule has 0 N–H and O–H groups in total. The first kappa shape index (κ1) is 18.6. The van der Waals surface area contributed by atoms with E-state index in [4.69, 9.17) is 0 Å². The van der Waals surface area contributed by atoms with Gasteiger partial charge in [-0.1, -0.05) is 20.8 Å². The van der Waals surface area contributed by atoms with Crippen molar-refractivity contribution in [2.24, 2.45) is 0 Å². The first-order valence-electron chi connectivity index (χ1n) is 5.21. The summed E-state index contributed by atoms with van der Waals surface area (Å²) in [5.74, 6) is -2.18. The Morgan fingerprint density at radius 1 is 0.800 bits per heavy atom. The van der Waals surface area contributed by atoms with Gasteiger partial charge in [0.05, 0.1) is 11.5 Å². The number of carbonyl (C=O) groups excluding carboxylic acids is 2. The van der Waals surface area contributed by atoms with Crippen LogP contribution in [0.4, 0.5) is 0 Å². The maximum Gasteiger partial charge on any atom is 0.298 e. The van der Waals surface area contributed by atoms with Gasteiger partial charge in [-0.15, -0.1) is 0 Å². The van der Waals surface area contributed by atoms with Crippen molar-refractivity contribution in [2.75, 3.05) is 11.5 Å². The van der Waals surface area contributed by atoms with E-state index in [9.17, 15) is 26.4 Å². The highest BCUT2D eigenvalue weighted by molar-refractivity contribution is 7.89. The highest BCUT2D eigenvalue weighted by Gasteiger charge is 2.18. The molecule has 0 aromatic rings. The Morgan fingerprint density at radius 3 is 1.35 bits per heavy atom. The lowest BCUT2D eigenvalue weighted by molar-refractivity contribution is -0.113. The molecular formula is C10H14O8S2. The molecule has 0 atom stereocenters. The van der Waals surface area contributed by atoms with Crippen LogP contribution in [0.3, 0.4) is 0 Å². The Bertz CT molecular complexity index is 554. The van der Waals surface area contributed by atoms with E-state index in [1.54, 1.807) is 0 Å². The van der Waals surface area contributed by atoms with Crippen LogP contribution in [0.2, 0.25) is 0 Å². The third-order valence-electron chi connectivity index (χ3n) is 1.54. The molecule has 0 aromatic carbocycles. The van der Waals surface area contributed by atoms with Crippen molar-refractivity contribution in [3.63, 3.8) is 0 Å². The van der Waals surface area contributed by atoms with Gasteiger partial charge in [-0.05, 0) is 26.0 Å². The van der Waals surface area contributed by atoms with Crippen molar-refractivity contribution in [1.29, 1.82) is 0 Å². The lowest BCUT2D eigenvalue weighted by atomic mass is 10.4. The second-order valence-electron chi connectivity index (χ2n) is 3.61. The highest BCUT2D eigenvalue weighted by Crippen LogP contribution is 2.02. The van der Waals surface area contributed by atoms with Crippen LogP contribution >= 0.6 is 0 Å². The third kappa shape index (κ3) is 10.6.